The lowest BCUT2D eigenvalue weighted by atomic mass is 10.1. The van der Waals surface area contributed by atoms with Gasteiger partial charge in [-0.05, 0) is 23.8 Å². The molecular weight excluding hydrogens is 271 g/mol. The van der Waals surface area contributed by atoms with Crippen LogP contribution in [0.1, 0.15) is 11.7 Å². The van der Waals surface area contributed by atoms with Crippen LogP contribution in [0.4, 0.5) is 0 Å². The van der Waals surface area contributed by atoms with Gasteiger partial charge in [0, 0.05) is 9.50 Å². The monoisotopic (exact) mass is 280 g/mol. The number of hydrogen-bond acceptors (Lipinski definition) is 3. The van der Waals surface area contributed by atoms with E-state index in [1.807, 2.05) is 0 Å². The molecule has 14 heavy (non-hydrogen) atoms. The Morgan fingerprint density at radius 1 is 1.29 bits per heavy atom. The first-order valence-corrected chi connectivity index (χ1v) is 5.14. The predicted octanol–water partition coefficient (Wildman–Crippen LogP) is 1.49. The largest absolute Gasteiger partial charge is 0.394 e. The molecule has 0 radical (unpaired) electrons. The molecule has 1 aromatic carbocycles. The molecule has 1 aromatic rings. The Bertz CT molecular complexity index is 299. The van der Waals surface area contributed by atoms with E-state index in [1.165, 1.54) is 6.07 Å². The number of benzene rings is 1. The van der Waals surface area contributed by atoms with Crippen LogP contribution in [-0.4, -0.2) is 28.0 Å². The second-order valence-corrected chi connectivity index (χ2v) is 4.25. The Morgan fingerprint density at radius 3 is 2.43 bits per heavy atom. The zero-order chi connectivity index (χ0) is 10.7. The van der Waals surface area contributed by atoms with Crippen LogP contribution in [0, 0.1) is 0 Å². The van der Waals surface area contributed by atoms with Crippen LogP contribution in [0.3, 0.4) is 0 Å². The summed E-state index contributed by atoms with van der Waals surface area (Å²) in [6.07, 6.45) is -2.32. The lowest BCUT2D eigenvalue weighted by Crippen LogP contribution is -2.21. The van der Waals surface area contributed by atoms with Crippen molar-refractivity contribution in [1.29, 1.82) is 0 Å². The van der Waals surface area contributed by atoms with E-state index in [2.05, 4.69) is 15.9 Å². The Kier molecular flexibility index (Phi) is 4.34. The number of aliphatic hydroxyl groups excluding tert-OH is 3. The van der Waals surface area contributed by atoms with E-state index in [0.717, 1.165) is 0 Å². The molecule has 0 aromatic heterocycles. The van der Waals surface area contributed by atoms with Crippen molar-refractivity contribution in [3.8, 4) is 0 Å². The summed E-state index contributed by atoms with van der Waals surface area (Å²) >= 11 is 8.97. The second-order valence-electron chi connectivity index (χ2n) is 2.90. The molecule has 0 bridgehead atoms. The second kappa shape index (κ2) is 5.09. The molecule has 1 rings (SSSR count). The van der Waals surface area contributed by atoms with Crippen molar-refractivity contribution in [2.24, 2.45) is 0 Å². The van der Waals surface area contributed by atoms with Gasteiger partial charge in [-0.25, -0.2) is 0 Å². The highest BCUT2D eigenvalue weighted by Gasteiger charge is 2.17. The molecule has 0 spiro atoms. The maximum atomic E-state index is 9.55. The van der Waals surface area contributed by atoms with Crippen molar-refractivity contribution >= 4 is 27.5 Å². The first-order valence-electron chi connectivity index (χ1n) is 3.97. The lowest BCUT2D eigenvalue weighted by Gasteiger charge is -2.16. The third-order valence-electron chi connectivity index (χ3n) is 1.78. The SMILES string of the molecule is OCC(O)C(O)c1cc(Cl)cc(Br)c1. The van der Waals surface area contributed by atoms with E-state index in [4.69, 9.17) is 16.7 Å². The minimum Gasteiger partial charge on any atom is -0.394 e. The van der Waals surface area contributed by atoms with Gasteiger partial charge in [-0.15, -0.1) is 0 Å². The summed E-state index contributed by atoms with van der Waals surface area (Å²) in [4.78, 5) is 0. The topological polar surface area (TPSA) is 60.7 Å². The van der Waals surface area contributed by atoms with Gasteiger partial charge in [-0.2, -0.15) is 0 Å². The van der Waals surface area contributed by atoms with E-state index in [9.17, 15) is 10.2 Å². The zero-order valence-corrected chi connectivity index (χ0v) is 9.53. The van der Waals surface area contributed by atoms with Crippen LogP contribution in [-0.2, 0) is 0 Å². The summed E-state index contributed by atoms with van der Waals surface area (Å²) in [5, 5.41) is 27.9. The zero-order valence-electron chi connectivity index (χ0n) is 7.19. The van der Waals surface area contributed by atoms with Crippen molar-refractivity contribution < 1.29 is 15.3 Å². The van der Waals surface area contributed by atoms with Crippen molar-refractivity contribution in [2.45, 2.75) is 12.2 Å². The molecular formula is C9H10BrClO3. The Morgan fingerprint density at radius 2 is 1.93 bits per heavy atom. The van der Waals surface area contributed by atoms with Gasteiger partial charge in [0.25, 0.3) is 0 Å². The van der Waals surface area contributed by atoms with E-state index in [1.54, 1.807) is 12.1 Å². The minimum atomic E-state index is -1.19. The molecule has 0 heterocycles. The average molecular weight is 282 g/mol. The van der Waals surface area contributed by atoms with E-state index in [-0.39, 0.29) is 0 Å². The molecule has 2 atom stereocenters. The van der Waals surface area contributed by atoms with Crippen LogP contribution >= 0.6 is 27.5 Å². The lowest BCUT2D eigenvalue weighted by molar-refractivity contribution is -0.0152. The molecule has 0 aliphatic heterocycles. The number of rotatable bonds is 3. The van der Waals surface area contributed by atoms with Gasteiger partial charge in [0.05, 0.1) is 6.61 Å². The summed E-state index contributed by atoms with van der Waals surface area (Å²) in [5.41, 5.74) is 0.464. The molecule has 3 N–H and O–H groups in total. The summed E-state index contributed by atoms with van der Waals surface area (Å²) in [7, 11) is 0. The average Bonchev–Trinajstić information content (AvgIpc) is 2.14. The summed E-state index contributed by atoms with van der Waals surface area (Å²) in [5.74, 6) is 0. The molecule has 0 amide bonds. The van der Waals surface area contributed by atoms with Crippen LogP contribution in [0.5, 0.6) is 0 Å². The smallest absolute Gasteiger partial charge is 0.107 e. The van der Waals surface area contributed by atoms with Gasteiger partial charge in [0.2, 0.25) is 0 Å². The van der Waals surface area contributed by atoms with Gasteiger partial charge in [0.15, 0.2) is 0 Å². The fraction of sp³-hybridized carbons (Fsp3) is 0.333. The molecule has 0 saturated carbocycles. The first kappa shape index (κ1) is 11.9. The van der Waals surface area contributed by atoms with Gasteiger partial charge in [0.1, 0.15) is 12.2 Å². The van der Waals surface area contributed by atoms with Gasteiger partial charge in [-0.3, -0.25) is 0 Å². The molecule has 0 aliphatic rings. The van der Waals surface area contributed by atoms with Crippen LogP contribution in [0.25, 0.3) is 0 Å². The molecule has 5 heteroatoms. The third-order valence-corrected chi connectivity index (χ3v) is 2.45. The number of aliphatic hydroxyl groups is 3. The van der Waals surface area contributed by atoms with Crippen LogP contribution in [0.15, 0.2) is 22.7 Å². The maximum absolute atomic E-state index is 9.55. The van der Waals surface area contributed by atoms with Crippen molar-refractivity contribution in [3.05, 3.63) is 33.3 Å². The molecule has 0 aliphatic carbocycles. The van der Waals surface area contributed by atoms with Gasteiger partial charge >= 0.3 is 0 Å². The molecule has 2 unspecified atom stereocenters. The summed E-state index contributed by atoms with van der Waals surface area (Å²) < 4.78 is 0.712. The van der Waals surface area contributed by atoms with Crippen molar-refractivity contribution in [1.82, 2.24) is 0 Å². The van der Waals surface area contributed by atoms with Crippen LogP contribution in [0.2, 0.25) is 5.02 Å². The maximum Gasteiger partial charge on any atom is 0.107 e. The fourth-order valence-electron chi connectivity index (χ4n) is 1.07. The molecule has 3 nitrogen and oxygen atoms in total. The molecule has 78 valence electrons. The quantitative estimate of drug-likeness (QED) is 0.787. The molecule has 0 saturated heterocycles. The Hall–Kier alpha value is -0.130. The van der Waals surface area contributed by atoms with E-state index >= 15 is 0 Å². The van der Waals surface area contributed by atoms with Crippen LogP contribution < -0.4 is 0 Å². The molecule has 0 fully saturated rings. The third kappa shape index (κ3) is 2.93. The number of halogens is 2. The Labute approximate surface area is 95.1 Å². The summed E-state index contributed by atoms with van der Waals surface area (Å²) in [6, 6.07) is 4.84. The van der Waals surface area contributed by atoms with Crippen molar-refractivity contribution in [3.63, 3.8) is 0 Å². The number of hydrogen-bond donors (Lipinski definition) is 3. The minimum absolute atomic E-state index is 0.457. The van der Waals surface area contributed by atoms with E-state index < -0.39 is 18.8 Å². The van der Waals surface area contributed by atoms with E-state index in [0.29, 0.717) is 15.1 Å². The highest BCUT2D eigenvalue weighted by atomic mass is 79.9. The highest BCUT2D eigenvalue weighted by Crippen LogP contribution is 2.25. The van der Waals surface area contributed by atoms with Gasteiger partial charge < -0.3 is 15.3 Å². The first-order chi connectivity index (χ1) is 6.54. The normalized spacial score (nSPS) is 15.2. The standard InChI is InChI=1S/C9H10BrClO3/c10-6-1-5(2-7(11)3-6)9(14)8(13)4-12/h1-3,8-9,12-14H,4H2. The predicted molar refractivity (Wildman–Crippen MR) is 57.2 cm³/mol. The summed E-state index contributed by atoms with van der Waals surface area (Å²) in [6.45, 7) is -0.495. The Balaban J connectivity index is 2.94. The highest BCUT2D eigenvalue weighted by molar-refractivity contribution is 9.10. The fourth-order valence-corrected chi connectivity index (χ4v) is 1.95. The van der Waals surface area contributed by atoms with Crippen molar-refractivity contribution in [2.75, 3.05) is 6.61 Å². The van der Waals surface area contributed by atoms with Gasteiger partial charge in [-0.1, -0.05) is 27.5 Å².